The van der Waals surface area contributed by atoms with E-state index in [0.717, 1.165) is 0 Å². The maximum absolute atomic E-state index is 11.5. The number of carbonyl (C=O) groups excluding carboxylic acids is 3. The molecule has 0 aliphatic heterocycles. The first kappa shape index (κ1) is 12.7. The maximum Gasteiger partial charge on any atom is 0.268 e. The zero-order chi connectivity index (χ0) is 13.0. The van der Waals surface area contributed by atoms with Gasteiger partial charge in [-0.3, -0.25) is 19.8 Å². The summed E-state index contributed by atoms with van der Waals surface area (Å²) in [7, 11) is 0. The summed E-state index contributed by atoms with van der Waals surface area (Å²) in [6.45, 7) is 1.21. The largest absolute Gasteiger partial charge is 0.506 e. The van der Waals surface area contributed by atoms with Crippen LogP contribution in [0, 0.1) is 0 Å². The number of rotatable bonds is 3. The predicted octanol–water partition coefficient (Wildman–Crippen LogP) is -0.233. The van der Waals surface area contributed by atoms with Gasteiger partial charge in [0.2, 0.25) is 5.91 Å². The van der Waals surface area contributed by atoms with Crippen molar-refractivity contribution in [2.24, 2.45) is 5.84 Å². The topological polar surface area (TPSA) is 122 Å². The van der Waals surface area contributed by atoms with Crippen molar-refractivity contribution in [2.45, 2.75) is 6.92 Å². The van der Waals surface area contributed by atoms with Gasteiger partial charge in [-0.05, 0) is 12.1 Å². The predicted molar refractivity (Wildman–Crippen MR) is 59.5 cm³/mol. The maximum atomic E-state index is 11.5. The first-order valence-electron chi connectivity index (χ1n) is 4.61. The lowest BCUT2D eigenvalue weighted by Crippen LogP contribution is -2.31. The second-order valence-electron chi connectivity index (χ2n) is 3.20. The number of hydrogen-bond acceptors (Lipinski definition) is 5. The molecular formula is C10H11N3O4. The lowest BCUT2D eigenvalue weighted by Gasteiger charge is -2.12. The minimum absolute atomic E-state index is 0.00880. The van der Waals surface area contributed by atoms with Gasteiger partial charge in [-0.1, -0.05) is 0 Å². The molecule has 17 heavy (non-hydrogen) atoms. The van der Waals surface area contributed by atoms with Crippen LogP contribution < -0.4 is 16.6 Å². The lowest BCUT2D eigenvalue weighted by molar-refractivity contribution is -0.114. The molecule has 0 aliphatic rings. The average molecular weight is 237 g/mol. The molecular weight excluding hydrogens is 226 g/mol. The fourth-order valence-corrected chi connectivity index (χ4v) is 1.33. The molecule has 0 aliphatic carbocycles. The molecule has 7 heteroatoms. The van der Waals surface area contributed by atoms with Crippen LogP contribution in [0.4, 0.5) is 5.69 Å². The number of amides is 2. The van der Waals surface area contributed by atoms with E-state index >= 15 is 0 Å². The first-order chi connectivity index (χ1) is 8.01. The number of hydrogen-bond donors (Lipinski definition) is 4. The number of nitrogens with one attached hydrogen (secondary N) is 2. The third-order valence-electron chi connectivity index (χ3n) is 2.00. The molecule has 0 saturated carbocycles. The van der Waals surface area contributed by atoms with E-state index in [1.165, 1.54) is 19.1 Å². The number of aldehydes is 1. The summed E-state index contributed by atoms with van der Waals surface area (Å²) in [5, 5.41) is 11.8. The Hall–Kier alpha value is -2.41. The van der Waals surface area contributed by atoms with Gasteiger partial charge in [0.25, 0.3) is 5.91 Å². The quantitative estimate of drug-likeness (QED) is 0.190. The Bertz CT molecular complexity index is 485. The normalized spacial score (nSPS) is 9.53. The molecule has 0 spiro atoms. The van der Waals surface area contributed by atoms with Crippen LogP contribution in [0.3, 0.4) is 0 Å². The molecule has 7 nitrogen and oxygen atoms in total. The fourth-order valence-electron chi connectivity index (χ4n) is 1.33. The van der Waals surface area contributed by atoms with E-state index in [4.69, 9.17) is 5.84 Å². The van der Waals surface area contributed by atoms with E-state index in [1.54, 1.807) is 0 Å². The van der Waals surface area contributed by atoms with Gasteiger partial charge in [-0.25, -0.2) is 5.84 Å². The third kappa shape index (κ3) is 2.58. The number of phenols is 1. The fraction of sp³-hybridized carbons (Fsp3) is 0.100. The second kappa shape index (κ2) is 5.08. The number of benzene rings is 1. The molecule has 0 heterocycles. The van der Waals surface area contributed by atoms with Crippen LogP contribution in [0.2, 0.25) is 0 Å². The van der Waals surface area contributed by atoms with Crippen LogP contribution in [-0.2, 0) is 4.79 Å². The number of hydrazine groups is 1. The van der Waals surface area contributed by atoms with Gasteiger partial charge in [-0.15, -0.1) is 0 Å². The third-order valence-corrected chi connectivity index (χ3v) is 2.00. The molecule has 0 radical (unpaired) electrons. The van der Waals surface area contributed by atoms with Crippen LogP contribution in [0.5, 0.6) is 5.75 Å². The Morgan fingerprint density at radius 3 is 2.53 bits per heavy atom. The summed E-state index contributed by atoms with van der Waals surface area (Å²) < 4.78 is 0. The zero-order valence-corrected chi connectivity index (χ0v) is 8.98. The molecule has 1 aromatic carbocycles. The van der Waals surface area contributed by atoms with E-state index in [2.05, 4.69) is 5.32 Å². The highest BCUT2D eigenvalue weighted by atomic mass is 16.3. The van der Waals surface area contributed by atoms with E-state index in [9.17, 15) is 19.5 Å². The Kier molecular flexibility index (Phi) is 3.78. The van der Waals surface area contributed by atoms with Gasteiger partial charge < -0.3 is 10.4 Å². The summed E-state index contributed by atoms with van der Waals surface area (Å²) in [4.78, 5) is 33.2. The number of nitrogens with two attached hydrogens (primary N) is 1. The minimum Gasteiger partial charge on any atom is -0.506 e. The van der Waals surface area contributed by atoms with Crippen molar-refractivity contribution < 1.29 is 19.5 Å². The lowest BCUT2D eigenvalue weighted by atomic mass is 10.0. The molecule has 5 N–H and O–H groups in total. The summed E-state index contributed by atoms with van der Waals surface area (Å²) in [5.74, 6) is 3.36. The Balaban J connectivity index is 3.46. The van der Waals surface area contributed by atoms with Crippen molar-refractivity contribution in [3.63, 3.8) is 0 Å². The van der Waals surface area contributed by atoms with Crippen LogP contribution in [-0.4, -0.2) is 23.2 Å². The second-order valence-corrected chi connectivity index (χ2v) is 3.20. The van der Waals surface area contributed by atoms with E-state index in [-0.39, 0.29) is 22.6 Å². The van der Waals surface area contributed by atoms with Crippen molar-refractivity contribution in [2.75, 3.05) is 5.32 Å². The first-order valence-corrected chi connectivity index (χ1v) is 4.61. The van der Waals surface area contributed by atoms with Crippen molar-refractivity contribution in [1.82, 2.24) is 5.43 Å². The molecule has 0 bridgehead atoms. The van der Waals surface area contributed by atoms with Crippen molar-refractivity contribution in [1.29, 1.82) is 0 Å². The highest BCUT2D eigenvalue weighted by molar-refractivity contribution is 6.09. The molecule has 1 aromatic rings. The van der Waals surface area contributed by atoms with Crippen LogP contribution >= 0.6 is 0 Å². The number of aromatic hydroxyl groups is 1. The van der Waals surface area contributed by atoms with Gasteiger partial charge in [0.15, 0.2) is 6.29 Å². The Morgan fingerprint density at radius 2 is 2.06 bits per heavy atom. The Morgan fingerprint density at radius 1 is 1.41 bits per heavy atom. The van der Waals surface area contributed by atoms with Gasteiger partial charge in [0, 0.05) is 12.5 Å². The number of phenolic OH excluding ortho intramolecular Hbond substituents is 1. The van der Waals surface area contributed by atoms with Crippen molar-refractivity contribution in [3.8, 4) is 5.75 Å². The summed E-state index contributed by atoms with van der Waals surface area (Å²) >= 11 is 0. The van der Waals surface area contributed by atoms with Crippen LogP contribution in [0.1, 0.15) is 27.6 Å². The zero-order valence-electron chi connectivity index (χ0n) is 8.98. The molecule has 0 atom stereocenters. The molecule has 2 amide bonds. The van der Waals surface area contributed by atoms with Gasteiger partial charge in [0.1, 0.15) is 5.75 Å². The van der Waals surface area contributed by atoms with E-state index in [1.807, 2.05) is 5.43 Å². The minimum atomic E-state index is -0.785. The summed E-state index contributed by atoms with van der Waals surface area (Å²) in [5.41, 5.74) is 1.51. The monoisotopic (exact) mass is 237 g/mol. The number of anilines is 1. The van der Waals surface area contributed by atoms with Gasteiger partial charge in [-0.2, -0.15) is 0 Å². The molecule has 0 saturated heterocycles. The van der Waals surface area contributed by atoms with Gasteiger partial charge >= 0.3 is 0 Å². The SMILES string of the molecule is CC(=O)Nc1c(O)ccc(C=O)c1C(=O)NN. The standard InChI is InChI=1S/C10H11N3O4/c1-5(15)12-9-7(16)3-2-6(4-14)8(9)10(17)13-11/h2-4,16H,11H2,1H3,(H,12,15)(H,13,17). The molecule has 1 rings (SSSR count). The number of nitrogen functional groups attached to an aromatic ring is 1. The Labute approximate surface area is 96.6 Å². The molecule has 90 valence electrons. The number of carbonyl (C=O) groups is 3. The molecule has 0 aromatic heterocycles. The smallest absolute Gasteiger partial charge is 0.268 e. The van der Waals surface area contributed by atoms with E-state index < -0.39 is 11.8 Å². The van der Waals surface area contributed by atoms with Crippen molar-refractivity contribution >= 4 is 23.8 Å². The van der Waals surface area contributed by atoms with Crippen LogP contribution in [0.15, 0.2) is 12.1 Å². The van der Waals surface area contributed by atoms with Crippen molar-refractivity contribution in [3.05, 3.63) is 23.3 Å². The summed E-state index contributed by atoms with van der Waals surface area (Å²) in [6, 6.07) is 2.44. The van der Waals surface area contributed by atoms with Crippen LogP contribution in [0.25, 0.3) is 0 Å². The van der Waals surface area contributed by atoms with Gasteiger partial charge in [0.05, 0.1) is 11.3 Å². The summed E-state index contributed by atoms with van der Waals surface area (Å²) in [6.07, 6.45) is 0.426. The molecule has 0 unspecified atom stereocenters. The highest BCUT2D eigenvalue weighted by Gasteiger charge is 2.19. The average Bonchev–Trinajstić information content (AvgIpc) is 2.30. The molecule has 0 fully saturated rings. The van der Waals surface area contributed by atoms with E-state index in [0.29, 0.717) is 6.29 Å². The highest BCUT2D eigenvalue weighted by Crippen LogP contribution is 2.29.